The molecular formula is C19H19N3O2S3. The Morgan fingerprint density at radius 1 is 1.26 bits per heavy atom. The van der Waals surface area contributed by atoms with Crippen molar-refractivity contribution < 1.29 is 9.53 Å². The van der Waals surface area contributed by atoms with E-state index in [1.165, 1.54) is 23.1 Å². The van der Waals surface area contributed by atoms with E-state index in [1.807, 2.05) is 61.5 Å². The molecule has 0 radical (unpaired) electrons. The van der Waals surface area contributed by atoms with Crippen LogP contribution in [0.25, 0.3) is 5.69 Å². The number of carbonyl (C=O) groups excluding carboxylic acids is 1. The van der Waals surface area contributed by atoms with Gasteiger partial charge in [0, 0.05) is 6.54 Å². The Morgan fingerprint density at radius 3 is 2.63 bits per heavy atom. The number of carbonyl (C=O) groups is 1. The molecule has 1 amide bonds. The topological polar surface area (TPSA) is 56.1 Å². The Labute approximate surface area is 171 Å². The molecule has 0 aliphatic carbocycles. The van der Waals surface area contributed by atoms with Gasteiger partial charge >= 0.3 is 0 Å². The van der Waals surface area contributed by atoms with Crippen LogP contribution in [-0.2, 0) is 11.3 Å². The SMILES string of the molecule is COc1ccc(CNC(=O)C(C)Sc2nn(-c3ccccc3)c(=S)s2)cc1. The number of aromatic nitrogens is 2. The summed E-state index contributed by atoms with van der Waals surface area (Å²) in [6.07, 6.45) is 0. The highest BCUT2D eigenvalue weighted by atomic mass is 32.2. The van der Waals surface area contributed by atoms with Crippen molar-refractivity contribution in [3.8, 4) is 11.4 Å². The zero-order chi connectivity index (χ0) is 19.2. The van der Waals surface area contributed by atoms with Crippen LogP contribution in [0, 0.1) is 3.95 Å². The Bertz CT molecular complexity index is 952. The molecule has 0 aliphatic rings. The number of nitrogens with one attached hydrogen (secondary N) is 1. The van der Waals surface area contributed by atoms with Crippen LogP contribution in [-0.4, -0.2) is 28.0 Å². The first-order valence-corrected chi connectivity index (χ1v) is 10.4. The predicted octanol–water partition coefficient (Wildman–Crippen LogP) is 4.47. The lowest BCUT2D eigenvalue weighted by Gasteiger charge is -2.10. The molecule has 1 heterocycles. The molecule has 1 atom stereocenters. The van der Waals surface area contributed by atoms with E-state index >= 15 is 0 Å². The van der Waals surface area contributed by atoms with Gasteiger partial charge in [-0.05, 0) is 49.0 Å². The number of benzene rings is 2. The summed E-state index contributed by atoms with van der Waals surface area (Å²) in [6, 6.07) is 17.4. The highest BCUT2D eigenvalue weighted by Gasteiger charge is 2.17. The van der Waals surface area contributed by atoms with Crippen LogP contribution in [0.3, 0.4) is 0 Å². The lowest BCUT2D eigenvalue weighted by atomic mass is 10.2. The van der Waals surface area contributed by atoms with Gasteiger partial charge in [0.1, 0.15) is 5.75 Å². The van der Waals surface area contributed by atoms with Crippen molar-refractivity contribution in [3.63, 3.8) is 0 Å². The summed E-state index contributed by atoms with van der Waals surface area (Å²) >= 11 is 8.22. The Balaban J connectivity index is 1.59. The van der Waals surface area contributed by atoms with E-state index in [1.54, 1.807) is 11.8 Å². The van der Waals surface area contributed by atoms with Crippen LogP contribution < -0.4 is 10.1 Å². The van der Waals surface area contributed by atoms with Gasteiger partial charge in [0.15, 0.2) is 8.29 Å². The van der Waals surface area contributed by atoms with Crippen LogP contribution in [0.2, 0.25) is 0 Å². The smallest absolute Gasteiger partial charge is 0.233 e. The molecule has 0 fully saturated rings. The van der Waals surface area contributed by atoms with Gasteiger partial charge in [-0.1, -0.05) is 53.4 Å². The van der Waals surface area contributed by atoms with Gasteiger partial charge in [-0.2, -0.15) is 0 Å². The van der Waals surface area contributed by atoms with Crippen molar-refractivity contribution in [2.75, 3.05) is 7.11 Å². The first-order valence-electron chi connectivity index (χ1n) is 8.29. The average Bonchev–Trinajstić information content (AvgIpc) is 3.07. The fraction of sp³-hybridized carbons (Fsp3) is 0.211. The van der Waals surface area contributed by atoms with E-state index in [-0.39, 0.29) is 11.2 Å². The molecule has 0 bridgehead atoms. The summed E-state index contributed by atoms with van der Waals surface area (Å²) in [5, 5.41) is 7.22. The number of ether oxygens (including phenoxy) is 1. The first kappa shape index (κ1) is 19.6. The fourth-order valence-corrected chi connectivity index (χ4v) is 4.85. The highest BCUT2D eigenvalue weighted by Crippen LogP contribution is 2.27. The minimum atomic E-state index is -0.270. The highest BCUT2D eigenvalue weighted by molar-refractivity contribution is 8.02. The molecule has 1 N–H and O–H groups in total. The number of nitrogens with zero attached hydrogens (tertiary/aromatic N) is 2. The number of hydrogen-bond donors (Lipinski definition) is 1. The Morgan fingerprint density at radius 2 is 1.96 bits per heavy atom. The average molecular weight is 418 g/mol. The normalized spacial score (nSPS) is 11.8. The second kappa shape index (κ2) is 9.16. The molecule has 2 aromatic carbocycles. The summed E-state index contributed by atoms with van der Waals surface area (Å²) in [6.45, 7) is 2.34. The Hall–Kier alpha value is -2.16. The lowest BCUT2D eigenvalue weighted by molar-refractivity contribution is -0.120. The van der Waals surface area contributed by atoms with Crippen molar-refractivity contribution in [1.29, 1.82) is 0 Å². The van der Waals surface area contributed by atoms with E-state index in [0.29, 0.717) is 10.5 Å². The molecule has 140 valence electrons. The molecule has 1 unspecified atom stereocenters. The molecule has 8 heteroatoms. The number of thioether (sulfide) groups is 1. The van der Waals surface area contributed by atoms with Crippen molar-refractivity contribution in [2.24, 2.45) is 0 Å². The summed E-state index contributed by atoms with van der Waals surface area (Å²) < 4.78 is 8.30. The third-order valence-electron chi connectivity index (χ3n) is 3.80. The van der Waals surface area contributed by atoms with Gasteiger partial charge < -0.3 is 10.1 Å². The minimum absolute atomic E-state index is 0.0387. The molecule has 1 aromatic heterocycles. The number of methoxy groups -OCH3 is 1. The predicted molar refractivity (Wildman–Crippen MR) is 112 cm³/mol. The maximum atomic E-state index is 12.4. The molecule has 0 spiro atoms. The van der Waals surface area contributed by atoms with Crippen molar-refractivity contribution in [3.05, 3.63) is 64.1 Å². The molecule has 3 aromatic rings. The van der Waals surface area contributed by atoms with E-state index < -0.39 is 0 Å². The van der Waals surface area contributed by atoms with Gasteiger partial charge in [-0.15, -0.1) is 5.10 Å². The van der Waals surface area contributed by atoms with Gasteiger partial charge in [0.05, 0.1) is 18.0 Å². The second-order valence-electron chi connectivity index (χ2n) is 5.71. The van der Waals surface area contributed by atoms with Crippen LogP contribution in [0.1, 0.15) is 12.5 Å². The summed E-state index contributed by atoms with van der Waals surface area (Å²) in [4.78, 5) is 12.4. The van der Waals surface area contributed by atoms with Crippen molar-refractivity contribution in [1.82, 2.24) is 15.1 Å². The number of amides is 1. The van der Waals surface area contributed by atoms with Crippen LogP contribution in [0.15, 0.2) is 58.9 Å². The fourth-order valence-electron chi connectivity index (χ4n) is 2.32. The number of para-hydroxylation sites is 1. The van der Waals surface area contributed by atoms with Crippen LogP contribution in [0.4, 0.5) is 0 Å². The van der Waals surface area contributed by atoms with Gasteiger partial charge in [0.2, 0.25) is 5.91 Å². The molecule has 0 saturated carbocycles. The van der Waals surface area contributed by atoms with Crippen molar-refractivity contribution in [2.45, 2.75) is 23.1 Å². The van der Waals surface area contributed by atoms with Gasteiger partial charge in [-0.3, -0.25) is 4.79 Å². The monoisotopic (exact) mass is 417 g/mol. The molecule has 0 saturated heterocycles. The standard InChI is InChI=1S/C19H19N3O2S3/c1-13(17(23)20-12-14-8-10-16(24-2)11-9-14)26-18-21-22(19(25)27-18)15-6-4-3-5-7-15/h3-11,13H,12H2,1-2H3,(H,20,23). The van der Waals surface area contributed by atoms with E-state index in [2.05, 4.69) is 10.4 Å². The number of hydrogen-bond acceptors (Lipinski definition) is 6. The first-order chi connectivity index (χ1) is 13.1. The molecule has 27 heavy (non-hydrogen) atoms. The molecule has 3 rings (SSSR count). The zero-order valence-corrected chi connectivity index (χ0v) is 17.4. The molecular weight excluding hydrogens is 398 g/mol. The van der Waals surface area contributed by atoms with Crippen LogP contribution in [0.5, 0.6) is 5.75 Å². The summed E-state index contributed by atoms with van der Waals surface area (Å²) in [5.74, 6) is 0.757. The Kier molecular flexibility index (Phi) is 6.65. The van der Waals surface area contributed by atoms with Gasteiger partial charge in [0.25, 0.3) is 0 Å². The molecule has 5 nitrogen and oxygen atoms in total. The second-order valence-corrected chi connectivity index (χ2v) is 8.92. The van der Waals surface area contributed by atoms with E-state index in [4.69, 9.17) is 17.0 Å². The quantitative estimate of drug-likeness (QED) is 0.454. The van der Waals surface area contributed by atoms with E-state index in [9.17, 15) is 4.79 Å². The largest absolute Gasteiger partial charge is 0.497 e. The third kappa shape index (κ3) is 5.18. The maximum absolute atomic E-state index is 12.4. The summed E-state index contributed by atoms with van der Waals surface area (Å²) in [7, 11) is 1.63. The van der Waals surface area contributed by atoms with E-state index in [0.717, 1.165) is 21.3 Å². The zero-order valence-electron chi connectivity index (χ0n) is 14.9. The van der Waals surface area contributed by atoms with Crippen LogP contribution >= 0.6 is 35.3 Å². The molecule has 0 aliphatic heterocycles. The van der Waals surface area contributed by atoms with Gasteiger partial charge in [-0.25, -0.2) is 4.68 Å². The third-order valence-corrected chi connectivity index (χ3v) is 6.22. The maximum Gasteiger partial charge on any atom is 0.233 e. The minimum Gasteiger partial charge on any atom is -0.497 e. The summed E-state index contributed by atoms with van der Waals surface area (Å²) in [5.41, 5.74) is 1.94. The number of rotatable bonds is 7. The van der Waals surface area contributed by atoms with Crippen molar-refractivity contribution >= 4 is 41.2 Å². The lowest BCUT2D eigenvalue weighted by Crippen LogP contribution is -2.30.